The topological polar surface area (TPSA) is 114 Å². The van der Waals surface area contributed by atoms with Gasteiger partial charge in [0, 0.05) is 47.9 Å². The molecule has 4 aromatic rings. The van der Waals surface area contributed by atoms with Gasteiger partial charge in [-0.3, -0.25) is 14.6 Å². The number of fused-ring (bicyclic) bond motifs is 2. The fourth-order valence-corrected chi connectivity index (χ4v) is 5.71. The van der Waals surface area contributed by atoms with Gasteiger partial charge in [-0.15, -0.1) is 0 Å². The molecular weight excluding hydrogens is 555 g/mol. The van der Waals surface area contributed by atoms with Crippen LogP contribution in [0.2, 0.25) is 0 Å². The number of amides is 1. The number of halogens is 1. The molecule has 0 fully saturated rings. The molecule has 10 nitrogen and oxygen atoms in total. The number of pyridine rings is 3. The highest BCUT2D eigenvalue weighted by molar-refractivity contribution is 6.05. The standard InChI is InChI=1S/C32H31FN4O6/c1-18-27(19-7-5-4-6-8-19)30(38)28(23-17-42-14-13-37(18)23)31(39)35-20-9-10-24(21(33)15-20)43-25-11-12-34-22-16-26(40-2)32(41-3)36-29(22)25/h7,9-12,15-16H,4-6,8,13-14,17H2,1-3H3,(H,35,39). The molecule has 6 rings (SSSR count). The van der Waals surface area contributed by atoms with Crippen LogP contribution in [-0.2, 0) is 17.9 Å². The maximum absolute atomic E-state index is 15.3. The van der Waals surface area contributed by atoms with E-state index in [-0.39, 0.29) is 40.7 Å². The molecule has 0 bridgehead atoms. The third-order valence-corrected chi connectivity index (χ3v) is 7.80. The highest BCUT2D eigenvalue weighted by atomic mass is 19.1. The van der Waals surface area contributed by atoms with E-state index in [2.05, 4.69) is 21.4 Å². The van der Waals surface area contributed by atoms with Gasteiger partial charge < -0.3 is 28.8 Å². The molecule has 11 heteroatoms. The van der Waals surface area contributed by atoms with E-state index in [0.29, 0.717) is 41.2 Å². The summed E-state index contributed by atoms with van der Waals surface area (Å²) in [6.07, 6.45) is 7.39. The lowest BCUT2D eigenvalue weighted by Gasteiger charge is -2.27. The maximum atomic E-state index is 15.3. The molecule has 1 amide bonds. The van der Waals surface area contributed by atoms with Crippen LogP contribution in [0, 0.1) is 12.7 Å². The van der Waals surface area contributed by atoms with Crippen LogP contribution in [0.4, 0.5) is 10.1 Å². The van der Waals surface area contributed by atoms with Gasteiger partial charge in [0.15, 0.2) is 23.1 Å². The Morgan fingerprint density at radius 1 is 1.09 bits per heavy atom. The van der Waals surface area contributed by atoms with Crippen LogP contribution in [0.25, 0.3) is 16.6 Å². The van der Waals surface area contributed by atoms with E-state index in [9.17, 15) is 9.59 Å². The Kier molecular flexibility index (Phi) is 7.81. The quantitative estimate of drug-likeness (QED) is 0.290. The SMILES string of the molecule is COc1cc2nccc(Oc3ccc(NC(=O)c4c5n(c(C)c(C6=CCCCC6)c4=O)CCOC5)cc3F)c2nc1OC. The number of anilines is 1. The lowest BCUT2D eigenvalue weighted by atomic mass is 9.90. The van der Waals surface area contributed by atoms with Crippen molar-refractivity contribution >= 4 is 28.2 Å². The van der Waals surface area contributed by atoms with Gasteiger partial charge in [-0.25, -0.2) is 9.37 Å². The molecule has 1 aliphatic carbocycles. The molecule has 3 aromatic heterocycles. The minimum atomic E-state index is -0.720. The monoisotopic (exact) mass is 586 g/mol. The van der Waals surface area contributed by atoms with E-state index >= 15 is 4.39 Å². The van der Waals surface area contributed by atoms with Crippen LogP contribution < -0.4 is 25.0 Å². The number of rotatable bonds is 7. The lowest BCUT2D eigenvalue weighted by Crippen LogP contribution is -2.34. The van der Waals surface area contributed by atoms with Crippen molar-refractivity contribution in [3.8, 4) is 23.1 Å². The Morgan fingerprint density at radius 3 is 2.70 bits per heavy atom. The molecule has 1 aliphatic heterocycles. The number of benzene rings is 1. The number of carbonyl (C=O) groups is 1. The lowest BCUT2D eigenvalue weighted by molar-refractivity contribution is 0.0800. The van der Waals surface area contributed by atoms with Crippen molar-refractivity contribution in [3.63, 3.8) is 0 Å². The van der Waals surface area contributed by atoms with Gasteiger partial charge in [0.1, 0.15) is 11.1 Å². The fourth-order valence-electron chi connectivity index (χ4n) is 5.71. The molecule has 1 N–H and O–H groups in total. The summed E-state index contributed by atoms with van der Waals surface area (Å²) in [5.74, 6) is -0.540. The third-order valence-electron chi connectivity index (χ3n) is 7.80. The summed E-state index contributed by atoms with van der Waals surface area (Å²) in [6, 6.07) is 7.27. The number of hydrogen-bond donors (Lipinski definition) is 1. The number of carbonyl (C=O) groups excluding carboxylic acids is 1. The predicted octanol–water partition coefficient (Wildman–Crippen LogP) is 5.79. The fraction of sp³-hybridized carbons (Fsp3) is 0.312. The number of hydrogen-bond acceptors (Lipinski definition) is 8. The average Bonchev–Trinajstić information content (AvgIpc) is 3.02. The van der Waals surface area contributed by atoms with E-state index < -0.39 is 11.7 Å². The van der Waals surface area contributed by atoms with Gasteiger partial charge in [-0.2, -0.15) is 0 Å². The Hall–Kier alpha value is -4.77. The molecule has 1 aromatic carbocycles. The zero-order chi connectivity index (χ0) is 30.1. The van der Waals surface area contributed by atoms with Crippen molar-refractivity contribution < 1.29 is 28.1 Å². The number of methoxy groups -OCH3 is 2. The average molecular weight is 587 g/mol. The number of allylic oxidation sites excluding steroid dienone is 2. The first-order valence-corrected chi connectivity index (χ1v) is 14.1. The normalized spacial score (nSPS) is 14.6. The summed E-state index contributed by atoms with van der Waals surface area (Å²) >= 11 is 0. The first-order chi connectivity index (χ1) is 20.9. The van der Waals surface area contributed by atoms with Crippen LogP contribution in [-0.4, -0.2) is 41.3 Å². The molecular formula is C32H31FN4O6. The van der Waals surface area contributed by atoms with Gasteiger partial charge in [-0.05, 0) is 50.3 Å². The number of nitrogens with zero attached hydrogens (tertiary/aromatic N) is 3. The zero-order valence-corrected chi connectivity index (χ0v) is 24.2. The van der Waals surface area contributed by atoms with Gasteiger partial charge in [0.25, 0.3) is 11.8 Å². The summed E-state index contributed by atoms with van der Waals surface area (Å²) < 4.78 is 39.4. The van der Waals surface area contributed by atoms with Crippen molar-refractivity contribution in [2.45, 2.75) is 45.8 Å². The summed E-state index contributed by atoms with van der Waals surface area (Å²) in [5.41, 5.74) is 3.62. The Morgan fingerprint density at radius 2 is 1.95 bits per heavy atom. The van der Waals surface area contributed by atoms with Gasteiger partial charge >= 0.3 is 0 Å². The minimum absolute atomic E-state index is 0.0196. The van der Waals surface area contributed by atoms with Crippen molar-refractivity contribution in [2.75, 3.05) is 26.1 Å². The van der Waals surface area contributed by atoms with Gasteiger partial charge in [-0.1, -0.05) is 6.08 Å². The van der Waals surface area contributed by atoms with E-state index in [0.717, 1.165) is 43.0 Å². The second-order valence-electron chi connectivity index (χ2n) is 10.4. The molecule has 0 saturated carbocycles. The highest BCUT2D eigenvalue weighted by Gasteiger charge is 2.28. The maximum Gasteiger partial charge on any atom is 0.261 e. The Balaban J connectivity index is 1.30. The smallest absolute Gasteiger partial charge is 0.261 e. The van der Waals surface area contributed by atoms with Crippen molar-refractivity contribution in [1.82, 2.24) is 14.5 Å². The van der Waals surface area contributed by atoms with Crippen molar-refractivity contribution in [3.05, 3.63) is 81.2 Å². The second kappa shape index (κ2) is 11.8. The predicted molar refractivity (Wildman–Crippen MR) is 159 cm³/mol. The van der Waals surface area contributed by atoms with Crippen LogP contribution in [0.5, 0.6) is 23.1 Å². The Labute approximate surface area is 247 Å². The van der Waals surface area contributed by atoms with Gasteiger partial charge in [0.2, 0.25) is 5.43 Å². The molecule has 0 spiro atoms. The van der Waals surface area contributed by atoms with Crippen molar-refractivity contribution in [2.24, 2.45) is 0 Å². The summed E-state index contributed by atoms with van der Waals surface area (Å²) in [5, 5.41) is 2.71. The van der Waals surface area contributed by atoms with E-state index in [1.54, 1.807) is 12.1 Å². The molecule has 43 heavy (non-hydrogen) atoms. The van der Waals surface area contributed by atoms with Crippen LogP contribution in [0.15, 0.2) is 47.4 Å². The van der Waals surface area contributed by atoms with Crippen molar-refractivity contribution in [1.29, 1.82) is 0 Å². The van der Waals surface area contributed by atoms with Gasteiger partial charge in [0.05, 0.1) is 38.6 Å². The molecule has 0 unspecified atom stereocenters. The summed E-state index contributed by atoms with van der Waals surface area (Å²) in [4.78, 5) is 36.1. The zero-order valence-electron chi connectivity index (χ0n) is 24.2. The molecule has 222 valence electrons. The molecule has 0 radical (unpaired) electrons. The summed E-state index contributed by atoms with van der Waals surface area (Å²) in [7, 11) is 2.95. The molecule has 0 atom stereocenters. The summed E-state index contributed by atoms with van der Waals surface area (Å²) in [6.45, 7) is 3.10. The van der Waals surface area contributed by atoms with E-state index in [1.807, 2.05) is 11.5 Å². The first-order valence-electron chi connectivity index (χ1n) is 14.1. The van der Waals surface area contributed by atoms with E-state index in [1.165, 1.54) is 32.5 Å². The second-order valence-corrected chi connectivity index (χ2v) is 10.4. The first kappa shape index (κ1) is 28.4. The van der Waals surface area contributed by atoms with E-state index in [4.69, 9.17) is 18.9 Å². The molecule has 0 saturated heterocycles. The number of nitrogens with one attached hydrogen (secondary N) is 1. The van der Waals surface area contributed by atoms with Crippen LogP contribution in [0.3, 0.4) is 0 Å². The molecule has 2 aliphatic rings. The highest BCUT2D eigenvalue weighted by Crippen LogP contribution is 2.35. The number of ether oxygens (including phenoxy) is 4. The van der Waals surface area contributed by atoms with Crippen LogP contribution in [0.1, 0.15) is 53.0 Å². The minimum Gasteiger partial charge on any atom is -0.491 e. The third kappa shape index (κ3) is 5.32. The molecule has 4 heterocycles. The largest absolute Gasteiger partial charge is 0.491 e. The number of aromatic nitrogens is 3. The Bertz CT molecular complexity index is 1830. The van der Waals surface area contributed by atoms with Crippen LogP contribution >= 0.6 is 0 Å².